The summed E-state index contributed by atoms with van der Waals surface area (Å²) in [4.78, 5) is 4.28. The van der Waals surface area contributed by atoms with Crippen LogP contribution in [0.4, 0.5) is 5.69 Å². The normalized spacial score (nSPS) is 11.7. The van der Waals surface area contributed by atoms with Gasteiger partial charge in [-0.25, -0.2) is 8.42 Å². The average molecular weight is 448 g/mol. The van der Waals surface area contributed by atoms with Gasteiger partial charge in [-0.15, -0.1) is 11.3 Å². The van der Waals surface area contributed by atoms with E-state index in [9.17, 15) is 8.42 Å². The van der Waals surface area contributed by atoms with Crippen LogP contribution in [0.3, 0.4) is 0 Å². The van der Waals surface area contributed by atoms with Crippen molar-refractivity contribution in [2.75, 3.05) is 4.72 Å². The Morgan fingerprint density at radius 1 is 1.14 bits per heavy atom. The minimum atomic E-state index is -3.61. The van der Waals surface area contributed by atoms with Crippen molar-refractivity contribution in [3.05, 3.63) is 50.9 Å². The fourth-order valence-corrected chi connectivity index (χ4v) is 5.28. The number of rotatable bonds is 3. The number of pyridine rings is 1. The molecule has 0 amide bonds. The summed E-state index contributed by atoms with van der Waals surface area (Å²) in [6, 6.07) is 10.5. The minimum Gasteiger partial charge on any atom is -0.277 e. The second kappa shape index (κ2) is 5.68. The summed E-state index contributed by atoms with van der Waals surface area (Å²) in [7, 11) is -3.61. The van der Waals surface area contributed by atoms with Crippen molar-refractivity contribution in [2.45, 2.75) is 4.21 Å². The number of aromatic nitrogens is 1. The van der Waals surface area contributed by atoms with Gasteiger partial charge in [-0.2, -0.15) is 0 Å². The number of sulfonamides is 1. The Morgan fingerprint density at radius 2 is 1.95 bits per heavy atom. The number of para-hydroxylation sites is 1. The van der Waals surface area contributed by atoms with Crippen molar-refractivity contribution in [3.63, 3.8) is 0 Å². The van der Waals surface area contributed by atoms with E-state index in [0.717, 1.165) is 25.0 Å². The third-order valence-corrected chi connectivity index (χ3v) is 6.65. The Bertz CT molecular complexity index is 923. The summed E-state index contributed by atoms with van der Waals surface area (Å²) in [6.07, 6.45) is 1.64. The molecule has 0 saturated heterocycles. The van der Waals surface area contributed by atoms with Gasteiger partial charge in [-0.1, -0.05) is 12.1 Å². The molecule has 4 nitrogen and oxygen atoms in total. The smallest absolute Gasteiger partial charge is 0.271 e. The quantitative estimate of drug-likeness (QED) is 0.637. The van der Waals surface area contributed by atoms with Gasteiger partial charge in [0.15, 0.2) is 0 Å². The molecular formula is C13H8Br2N2O2S2. The summed E-state index contributed by atoms with van der Waals surface area (Å²) < 4.78 is 29.2. The van der Waals surface area contributed by atoms with E-state index >= 15 is 0 Å². The molecular weight excluding hydrogens is 440 g/mol. The molecule has 0 saturated carbocycles. The lowest BCUT2D eigenvalue weighted by Crippen LogP contribution is -2.11. The molecule has 0 unspecified atom stereocenters. The largest absolute Gasteiger partial charge is 0.277 e. The van der Waals surface area contributed by atoms with E-state index in [1.165, 1.54) is 0 Å². The molecule has 0 radical (unpaired) electrons. The number of thiophene rings is 1. The van der Waals surface area contributed by atoms with Crippen LogP contribution in [0.5, 0.6) is 0 Å². The first-order chi connectivity index (χ1) is 9.95. The highest BCUT2D eigenvalue weighted by atomic mass is 79.9. The highest BCUT2D eigenvalue weighted by molar-refractivity contribution is 9.11. The van der Waals surface area contributed by atoms with Crippen LogP contribution >= 0.6 is 43.2 Å². The molecule has 3 rings (SSSR count). The van der Waals surface area contributed by atoms with Gasteiger partial charge in [-0.05, 0) is 56.1 Å². The maximum Gasteiger partial charge on any atom is 0.271 e. The SMILES string of the molecule is O=S(=O)(Nc1cccc2cc(Br)cnc12)c1ccc(Br)s1. The molecule has 1 aromatic carbocycles. The zero-order chi connectivity index (χ0) is 15.0. The molecule has 21 heavy (non-hydrogen) atoms. The van der Waals surface area contributed by atoms with Crippen molar-refractivity contribution in [3.8, 4) is 0 Å². The van der Waals surface area contributed by atoms with Gasteiger partial charge in [0.2, 0.25) is 0 Å². The maximum absolute atomic E-state index is 12.4. The lowest BCUT2D eigenvalue weighted by atomic mass is 10.2. The second-order valence-corrected chi connectivity index (χ2v) is 9.48. The average Bonchev–Trinajstić information content (AvgIpc) is 2.86. The molecule has 8 heteroatoms. The third-order valence-electron chi connectivity index (χ3n) is 2.74. The fraction of sp³-hybridized carbons (Fsp3) is 0. The molecule has 2 heterocycles. The first-order valence-corrected chi connectivity index (χ1v) is 9.67. The van der Waals surface area contributed by atoms with E-state index < -0.39 is 10.0 Å². The maximum atomic E-state index is 12.4. The first kappa shape index (κ1) is 15.0. The number of nitrogens with zero attached hydrogens (tertiary/aromatic N) is 1. The Hall–Kier alpha value is -0.960. The van der Waals surface area contributed by atoms with Crippen LogP contribution < -0.4 is 4.72 Å². The van der Waals surface area contributed by atoms with Crippen LogP contribution in [-0.2, 0) is 10.0 Å². The molecule has 0 atom stereocenters. The van der Waals surface area contributed by atoms with Gasteiger partial charge in [0.25, 0.3) is 10.0 Å². The number of anilines is 1. The van der Waals surface area contributed by atoms with Crippen LogP contribution in [-0.4, -0.2) is 13.4 Å². The number of nitrogens with one attached hydrogen (secondary N) is 1. The van der Waals surface area contributed by atoms with E-state index in [1.54, 1.807) is 30.5 Å². The number of halogens is 2. The molecule has 2 aromatic heterocycles. The summed E-state index contributed by atoms with van der Waals surface area (Å²) >= 11 is 7.78. The fourth-order valence-electron chi connectivity index (χ4n) is 1.85. The first-order valence-electron chi connectivity index (χ1n) is 5.78. The van der Waals surface area contributed by atoms with Crippen molar-refractivity contribution < 1.29 is 8.42 Å². The molecule has 108 valence electrons. The lowest BCUT2D eigenvalue weighted by Gasteiger charge is -2.09. The molecule has 1 N–H and O–H groups in total. The Morgan fingerprint density at radius 3 is 2.67 bits per heavy atom. The van der Waals surface area contributed by atoms with E-state index in [-0.39, 0.29) is 4.21 Å². The van der Waals surface area contributed by atoms with Crippen molar-refractivity contribution in [1.82, 2.24) is 4.98 Å². The van der Waals surface area contributed by atoms with Crippen molar-refractivity contribution in [2.24, 2.45) is 0 Å². The molecule has 0 aliphatic heterocycles. The van der Waals surface area contributed by atoms with E-state index in [1.807, 2.05) is 12.1 Å². The van der Waals surface area contributed by atoms with Crippen LogP contribution in [0.25, 0.3) is 10.9 Å². The Labute approximate surface area is 142 Å². The molecule has 0 aliphatic rings. The van der Waals surface area contributed by atoms with Crippen molar-refractivity contribution in [1.29, 1.82) is 0 Å². The van der Waals surface area contributed by atoms with Gasteiger partial charge < -0.3 is 0 Å². The lowest BCUT2D eigenvalue weighted by molar-refractivity contribution is 0.603. The molecule has 0 bridgehead atoms. The zero-order valence-corrected chi connectivity index (χ0v) is 15.2. The topological polar surface area (TPSA) is 59.1 Å². The molecule has 3 aromatic rings. The van der Waals surface area contributed by atoms with Gasteiger partial charge in [0, 0.05) is 16.1 Å². The number of fused-ring (bicyclic) bond motifs is 1. The Kier molecular flexibility index (Phi) is 4.04. The van der Waals surface area contributed by atoms with Gasteiger partial charge >= 0.3 is 0 Å². The summed E-state index contributed by atoms with van der Waals surface area (Å²) in [5, 5.41) is 0.858. The standard InChI is InChI=1S/C13H8Br2N2O2S2/c14-9-6-8-2-1-3-10(13(8)16-7-9)17-21(18,19)12-5-4-11(15)20-12/h1-7,17H. The molecule has 0 spiro atoms. The van der Waals surface area contributed by atoms with E-state index in [0.29, 0.717) is 11.2 Å². The summed E-state index contributed by atoms with van der Waals surface area (Å²) in [6.45, 7) is 0. The minimum absolute atomic E-state index is 0.253. The van der Waals surface area contributed by atoms with E-state index in [4.69, 9.17) is 0 Å². The van der Waals surface area contributed by atoms with E-state index in [2.05, 4.69) is 41.6 Å². The second-order valence-electron chi connectivity index (χ2n) is 4.19. The van der Waals surface area contributed by atoms with Crippen LogP contribution in [0.15, 0.2) is 55.1 Å². The Balaban J connectivity index is 2.06. The summed E-state index contributed by atoms with van der Waals surface area (Å²) in [5.41, 5.74) is 1.07. The third kappa shape index (κ3) is 3.13. The predicted molar refractivity (Wildman–Crippen MR) is 92.3 cm³/mol. The summed E-state index contributed by atoms with van der Waals surface area (Å²) in [5.74, 6) is 0. The highest BCUT2D eigenvalue weighted by Gasteiger charge is 2.18. The number of hydrogen-bond donors (Lipinski definition) is 1. The monoisotopic (exact) mass is 446 g/mol. The number of benzene rings is 1. The van der Waals surface area contributed by atoms with Crippen molar-refractivity contribution >= 4 is 69.8 Å². The van der Waals surface area contributed by atoms with Gasteiger partial charge in [0.05, 0.1) is 15.0 Å². The predicted octanol–water partition coefficient (Wildman–Crippen LogP) is 4.62. The van der Waals surface area contributed by atoms with Crippen LogP contribution in [0, 0.1) is 0 Å². The zero-order valence-electron chi connectivity index (χ0n) is 10.4. The van der Waals surface area contributed by atoms with Crippen LogP contribution in [0.2, 0.25) is 0 Å². The van der Waals surface area contributed by atoms with Gasteiger partial charge in [0.1, 0.15) is 4.21 Å². The highest BCUT2D eigenvalue weighted by Crippen LogP contribution is 2.30. The van der Waals surface area contributed by atoms with Crippen LogP contribution in [0.1, 0.15) is 0 Å². The molecule has 0 aliphatic carbocycles. The molecule has 0 fully saturated rings. The number of hydrogen-bond acceptors (Lipinski definition) is 4. The van der Waals surface area contributed by atoms with Gasteiger partial charge in [-0.3, -0.25) is 9.71 Å².